The van der Waals surface area contributed by atoms with E-state index in [0.717, 1.165) is 30.0 Å². The number of aromatic hydroxyl groups is 1. The van der Waals surface area contributed by atoms with Gasteiger partial charge in [-0.05, 0) is 59.7 Å². The summed E-state index contributed by atoms with van der Waals surface area (Å²) in [4.78, 5) is 13.9. The summed E-state index contributed by atoms with van der Waals surface area (Å²) in [5.74, 6) is 1.01. The van der Waals surface area contributed by atoms with Crippen molar-refractivity contribution in [3.8, 4) is 11.4 Å². The molecule has 0 aliphatic heterocycles. The van der Waals surface area contributed by atoms with Crippen LogP contribution in [0.25, 0.3) is 5.69 Å². The average Bonchev–Trinajstić information content (AvgIpc) is 3.14. The van der Waals surface area contributed by atoms with Crippen molar-refractivity contribution in [2.45, 2.75) is 25.7 Å². The Hall–Kier alpha value is -3.22. The van der Waals surface area contributed by atoms with Crippen molar-refractivity contribution in [1.82, 2.24) is 20.2 Å². The molecule has 0 unspecified atom stereocenters. The average molecular weight is 351 g/mol. The number of aryl methyl sites for hydroxylation is 1. The minimum absolute atomic E-state index is 0.0401. The maximum atomic E-state index is 12.3. The molecule has 0 aliphatic rings. The number of carbonyl (C=O) groups is 1. The topological polar surface area (TPSA) is 84.1 Å². The summed E-state index contributed by atoms with van der Waals surface area (Å²) < 4.78 is 1.73. The molecule has 0 saturated heterocycles. The standard InChI is InChI=1S/C19H21N5O2/c1-23(15-11-13-17(25)14-12-15)19(26)10-6-5-9-18-20-21-22-24(18)16-7-3-2-4-8-16/h2-4,7-8,11-14,25H,5-6,9-10H2,1H3. The fraction of sp³-hybridized carbons (Fsp3) is 0.263. The Morgan fingerprint density at radius 2 is 1.81 bits per heavy atom. The monoisotopic (exact) mass is 351 g/mol. The van der Waals surface area contributed by atoms with E-state index in [0.29, 0.717) is 12.8 Å². The van der Waals surface area contributed by atoms with Gasteiger partial charge in [0, 0.05) is 25.6 Å². The van der Waals surface area contributed by atoms with Crippen LogP contribution in [0.15, 0.2) is 54.6 Å². The molecule has 1 amide bonds. The van der Waals surface area contributed by atoms with E-state index in [2.05, 4.69) is 15.5 Å². The summed E-state index contributed by atoms with van der Waals surface area (Å²) >= 11 is 0. The van der Waals surface area contributed by atoms with Crippen LogP contribution in [0.5, 0.6) is 5.75 Å². The minimum atomic E-state index is 0.0401. The molecular formula is C19H21N5O2. The summed E-state index contributed by atoms with van der Waals surface area (Å²) in [6.45, 7) is 0. The van der Waals surface area contributed by atoms with Gasteiger partial charge in [-0.15, -0.1) is 5.10 Å². The number of tetrazole rings is 1. The maximum Gasteiger partial charge on any atom is 0.226 e. The number of unbranched alkanes of at least 4 members (excludes halogenated alkanes) is 1. The van der Waals surface area contributed by atoms with E-state index >= 15 is 0 Å². The van der Waals surface area contributed by atoms with E-state index in [1.807, 2.05) is 30.3 Å². The predicted molar refractivity (Wildman–Crippen MR) is 98.2 cm³/mol. The Labute approximate surface area is 151 Å². The number of carbonyl (C=O) groups excluding carboxylic acids is 1. The largest absolute Gasteiger partial charge is 0.508 e. The zero-order valence-corrected chi connectivity index (χ0v) is 14.6. The Morgan fingerprint density at radius 1 is 1.08 bits per heavy atom. The lowest BCUT2D eigenvalue weighted by atomic mass is 10.1. The molecule has 3 rings (SSSR count). The third-order valence-corrected chi connectivity index (χ3v) is 4.19. The van der Waals surface area contributed by atoms with Gasteiger partial charge in [-0.1, -0.05) is 18.2 Å². The Balaban J connectivity index is 1.49. The molecule has 1 N–H and O–H groups in total. The Morgan fingerprint density at radius 3 is 2.54 bits per heavy atom. The number of rotatable bonds is 7. The van der Waals surface area contributed by atoms with E-state index in [4.69, 9.17) is 0 Å². The number of hydrogen-bond donors (Lipinski definition) is 1. The first-order valence-electron chi connectivity index (χ1n) is 8.53. The lowest BCUT2D eigenvalue weighted by Gasteiger charge is -2.17. The highest BCUT2D eigenvalue weighted by Gasteiger charge is 2.12. The van der Waals surface area contributed by atoms with E-state index < -0.39 is 0 Å². The van der Waals surface area contributed by atoms with Crippen LogP contribution < -0.4 is 4.90 Å². The summed E-state index contributed by atoms with van der Waals surface area (Å²) in [5.41, 5.74) is 1.69. The van der Waals surface area contributed by atoms with E-state index in [-0.39, 0.29) is 11.7 Å². The Kier molecular flexibility index (Phi) is 5.58. The highest BCUT2D eigenvalue weighted by atomic mass is 16.3. The number of benzene rings is 2. The van der Waals surface area contributed by atoms with Crippen molar-refractivity contribution in [3.05, 3.63) is 60.4 Å². The summed E-state index contributed by atoms with van der Waals surface area (Å²) in [5, 5.41) is 21.2. The second kappa shape index (κ2) is 8.24. The summed E-state index contributed by atoms with van der Waals surface area (Å²) in [6, 6.07) is 16.3. The molecule has 2 aromatic carbocycles. The minimum Gasteiger partial charge on any atom is -0.508 e. The Bertz CT molecular complexity index is 846. The number of hydrogen-bond acceptors (Lipinski definition) is 5. The van der Waals surface area contributed by atoms with Crippen molar-refractivity contribution in [3.63, 3.8) is 0 Å². The van der Waals surface area contributed by atoms with Gasteiger partial charge in [0.15, 0.2) is 5.82 Å². The van der Waals surface area contributed by atoms with Crippen LogP contribution in [-0.4, -0.2) is 38.3 Å². The molecule has 0 atom stereocenters. The molecule has 26 heavy (non-hydrogen) atoms. The SMILES string of the molecule is CN(C(=O)CCCCc1nnnn1-c1ccccc1)c1ccc(O)cc1. The molecule has 0 radical (unpaired) electrons. The second-order valence-corrected chi connectivity index (χ2v) is 6.02. The predicted octanol–water partition coefficient (Wildman–Crippen LogP) is 2.74. The van der Waals surface area contributed by atoms with Crippen LogP contribution in [0.4, 0.5) is 5.69 Å². The number of phenolic OH excluding ortho intramolecular Hbond substituents is 1. The van der Waals surface area contributed by atoms with Crippen molar-refractivity contribution >= 4 is 11.6 Å². The number of aromatic nitrogens is 4. The number of phenols is 1. The van der Waals surface area contributed by atoms with Crippen molar-refractivity contribution in [2.75, 3.05) is 11.9 Å². The zero-order valence-electron chi connectivity index (χ0n) is 14.6. The molecule has 7 heteroatoms. The third kappa shape index (κ3) is 4.24. The molecule has 1 aromatic heterocycles. The van der Waals surface area contributed by atoms with Crippen LogP contribution >= 0.6 is 0 Å². The second-order valence-electron chi connectivity index (χ2n) is 6.02. The lowest BCUT2D eigenvalue weighted by Crippen LogP contribution is -2.25. The third-order valence-electron chi connectivity index (χ3n) is 4.19. The first-order chi connectivity index (χ1) is 12.6. The highest BCUT2D eigenvalue weighted by molar-refractivity contribution is 5.92. The van der Waals surface area contributed by atoms with E-state index in [1.54, 1.807) is 40.9 Å². The summed E-state index contributed by atoms with van der Waals surface area (Å²) in [6.07, 6.45) is 2.73. The molecule has 3 aromatic rings. The van der Waals surface area contributed by atoms with Crippen LogP contribution in [0.2, 0.25) is 0 Å². The van der Waals surface area contributed by atoms with Gasteiger partial charge in [-0.2, -0.15) is 4.68 Å². The fourth-order valence-corrected chi connectivity index (χ4v) is 2.68. The normalized spacial score (nSPS) is 10.7. The van der Waals surface area contributed by atoms with Gasteiger partial charge in [0.1, 0.15) is 5.75 Å². The van der Waals surface area contributed by atoms with Crippen molar-refractivity contribution < 1.29 is 9.90 Å². The first-order valence-corrected chi connectivity index (χ1v) is 8.53. The van der Waals surface area contributed by atoms with Crippen LogP contribution in [-0.2, 0) is 11.2 Å². The molecule has 0 fully saturated rings. The first kappa shape index (κ1) is 17.6. The molecule has 0 bridgehead atoms. The van der Waals surface area contributed by atoms with E-state index in [1.165, 1.54) is 0 Å². The van der Waals surface area contributed by atoms with Crippen LogP contribution in [0.3, 0.4) is 0 Å². The molecule has 1 heterocycles. The smallest absolute Gasteiger partial charge is 0.226 e. The number of anilines is 1. The van der Waals surface area contributed by atoms with Gasteiger partial charge in [0.05, 0.1) is 5.69 Å². The zero-order chi connectivity index (χ0) is 18.4. The van der Waals surface area contributed by atoms with Gasteiger partial charge in [-0.3, -0.25) is 4.79 Å². The maximum absolute atomic E-state index is 12.3. The summed E-state index contributed by atoms with van der Waals surface area (Å²) in [7, 11) is 1.74. The van der Waals surface area contributed by atoms with Crippen molar-refractivity contribution in [1.29, 1.82) is 0 Å². The fourth-order valence-electron chi connectivity index (χ4n) is 2.68. The molecule has 0 aliphatic carbocycles. The van der Waals surface area contributed by atoms with Gasteiger partial charge in [0.2, 0.25) is 5.91 Å². The van der Waals surface area contributed by atoms with Crippen molar-refractivity contribution in [2.24, 2.45) is 0 Å². The molecule has 0 saturated carbocycles. The van der Waals surface area contributed by atoms with Crippen LogP contribution in [0.1, 0.15) is 25.1 Å². The number of para-hydroxylation sites is 1. The number of amides is 1. The lowest BCUT2D eigenvalue weighted by molar-refractivity contribution is -0.118. The van der Waals surface area contributed by atoms with Gasteiger partial charge in [-0.25, -0.2) is 0 Å². The molecule has 7 nitrogen and oxygen atoms in total. The quantitative estimate of drug-likeness (QED) is 0.662. The van der Waals surface area contributed by atoms with Gasteiger partial charge < -0.3 is 10.0 Å². The van der Waals surface area contributed by atoms with Gasteiger partial charge >= 0.3 is 0 Å². The molecule has 134 valence electrons. The van der Waals surface area contributed by atoms with E-state index in [9.17, 15) is 9.90 Å². The molecule has 0 spiro atoms. The van der Waals surface area contributed by atoms with Crippen LogP contribution in [0, 0.1) is 0 Å². The number of nitrogens with zero attached hydrogens (tertiary/aromatic N) is 5. The molecular weight excluding hydrogens is 330 g/mol. The highest BCUT2D eigenvalue weighted by Crippen LogP contribution is 2.18. The van der Waals surface area contributed by atoms with Gasteiger partial charge in [0.25, 0.3) is 0 Å².